The third-order valence-corrected chi connectivity index (χ3v) is 7.53. The van der Waals surface area contributed by atoms with E-state index in [4.69, 9.17) is 9.84 Å². The van der Waals surface area contributed by atoms with Crippen LogP contribution in [0.2, 0.25) is 0 Å². The van der Waals surface area contributed by atoms with Crippen LogP contribution in [0.4, 0.5) is 4.79 Å². The summed E-state index contributed by atoms with van der Waals surface area (Å²) in [6, 6.07) is 33.8. The first kappa shape index (κ1) is 29.3. The number of nitrogens with zero attached hydrogens (tertiary/aromatic N) is 3. The van der Waals surface area contributed by atoms with Crippen molar-refractivity contribution in [1.82, 2.24) is 20.0 Å². The fourth-order valence-corrected chi connectivity index (χ4v) is 5.74. The lowest BCUT2D eigenvalue weighted by atomic mass is 9.74. The number of alkyl carbamates (subject to hydrolysis) is 1. The van der Waals surface area contributed by atoms with Gasteiger partial charge in [0.2, 0.25) is 0 Å². The number of ether oxygens (including phenoxy) is 1. The number of benzene rings is 3. The van der Waals surface area contributed by atoms with Gasteiger partial charge in [0.25, 0.3) is 0 Å². The minimum absolute atomic E-state index is 0.400. The molecule has 218 valence electrons. The van der Waals surface area contributed by atoms with Crippen molar-refractivity contribution in [3.8, 4) is 0 Å². The van der Waals surface area contributed by atoms with Crippen LogP contribution in [0.1, 0.15) is 49.6 Å². The molecule has 4 aromatic rings. The molecule has 3 aromatic carbocycles. The molecule has 7 nitrogen and oxygen atoms in total. The number of likely N-dealkylation sites (tertiary alicyclic amines) is 1. The van der Waals surface area contributed by atoms with E-state index < -0.39 is 23.3 Å². The lowest BCUT2D eigenvalue weighted by Crippen LogP contribution is -2.52. The Bertz CT molecular complexity index is 1380. The first-order valence-corrected chi connectivity index (χ1v) is 14.6. The third kappa shape index (κ3) is 6.64. The lowest BCUT2D eigenvalue weighted by molar-refractivity contribution is 0.0525. The number of nitrogens with one attached hydrogen (secondary N) is 1. The zero-order valence-electron chi connectivity index (χ0n) is 24.6. The monoisotopic (exact) mass is 564 g/mol. The standard InChI is InChI=1S/C35H40N4O3/c1-34(2,3)42-33(41)36-21-24-39-23-19-31(37-39)25-27-26-38(22-20-32(27)40)35(28-13-7-4-8-14-28,29-15-9-5-10-16-29)30-17-11-6-12-18-30/h4-19,23,25,32,40H,20-22,24,26H2,1-3H3,(H,36,41). The van der Waals surface area contributed by atoms with E-state index in [-0.39, 0.29) is 0 Å². The average Bonchev–Trinajstić information content (AvgIpc) is 3.43. The number of carbonyl (C=O) groups is 1. The molecule has 2 heterocycles. The highest BCUT2D eigenvalue weighted by molar-refractivity contribution is 5.67. The van der Waals surface area contributed by atoms with Crippen molar-refractivity contribution in [3.63, 3.8) is 0 Å². The Morgan fingerprint density at radius 2 is 1.48 bits per heavy atom. The number of aliphatic hydroxyl groups is 1. The van der Waals surface area contributed by atoms with Gasteiger partial charge in [-0.25, -0.2) is 4.79 Å². The van der Waals surface area contributed by atoms with Crippen LogP contribution in [0.15, 0.2) is 109 Å². The zero-order valence-corrected chi connectivity index (χ0v) is 24.6. The van der Waals surface area contributed by atoms with Gasteiger partial charge in [-0.05, 0) is 61.6 Å². The minimum Gasteiger partial charge on any atom is -0.444 e. The number of rotatable bonds is 8. The Morgan fingerprint density at radius 1 is 0.929 bits per heavy atom. The normalized spacial score (nSPS) is 17.2. The van der Waals surface area contributed by atoms with Crippen LogP contribution in [0.5, 0.6) is 0 Å². The molecular weight excluding hydrogens is 524 g/mol. The zero-order chi connectivity index (χ0) is 29.6. The van der Waals surface area contributed by atoms with E-state index in [1.165, 1.54) is 16.7 Å². The molecule has 1 aliphatic heterocycles. The van der Waals surface area contributed by atoms with E-state index in [0.29, 0.717) is 26.1 Å². The topological polar surface area (TPSA) is 79.6 Å². The maximum Gasteiger partial charge on any atom is 0.407 e. The maximum atomic E-state index is 12.0. The highest BCUT2D eigenvalue weighted by Crippen LogP contribution is 2.44. The number of aromatic nitrogens is 2. The second-order valence-corrected chi connectivity index (χ2v) is 11.7. The molecule has 0 aliphatic carbocycles. The highest BCUT2D eigenvalue weighted by atomic mass is 16.6. The van der Waals surface area contributed by atoms with Gasteiger partial charge in [0.1, 0.15) is 5.60 Å². The molecule has 0 radical (unpaired) electrons. The van der Waals surface area contributed by atoms with Crippen molar-refractivity contribution in [3.05, 3.63) is 131 Å². The highest BCUT2D eigenvalue weighted by Gasteiger charge is 2.44. The van der Waals surface area contributed by atoms with Gasteiger partial charge in [0.05, 0.1) is 23.9 Å². The molecule has 1 aliphatic rings. The SMILES string of the molecule is CC(C)(C)OC(=O)NCCn1ccc(C=C2CN(C(c3ccccc3)(c3ccccc3)c3ccccc3)CCC2O)n1. The summed E-state index contributed by atoms with van der Waals surface area (Å²) in [6.45, 7) is 7.72. The Labute approximate surface area is 248 Å². The third-order valence-electron chi connectivity index (χ3n) is 7.53. The number of hydrogen-bond acceptors (Lipinski definition) is 5. The average molecular weight is 565 g/mol. The Balaban J connectivity index is 1.43. The van der Waals surface area contributed by atoms with Crippen molar-refractivity contribution < 1.29 is 14.6 Å². The first-order valence-electron chi connectivity index (χ1n) is 14.6. The van der Waals surface area contributed by atoms with Crippen LogP contribution < -0.4 is 5.32 Å². The molecule has 1 atom stereocenters. The van der Waals surface area contributed by atoms with Crippen LogP contribution in [-0.4, -0.2) is 57.2 Å². The summed E-state index contributed by atoms with van der Waals surface area (Å²) >= 11 is 0. The Hall–Kier alpha value is -4.20. The van der Waals surface area contributed by atoms with Crippen molar-refractivity contribution >= 4 is 12.2 Å². The van der Waals surface area contributed by atoms with Gasteiger partial charge >= 0.3 is 6.09 Å². The second kappa shape index (κ2) is 12.8. The van der Waals surface area contributed by atoms with Gasteiger partial charge in [-0.15, -0.1) is 0 Å². The number of hydrogen-bond donors (Lipinski definition) is 2. The predicted molar refractivity (Wildman–Crippen MR) is 166 cm³/mol. The molecule has 1 fully saturated rings. The largest absolute Gasteiger partial charge is 0.444 e. The first-order chi connectivity index (χ1) is 20.3. The fourth-order valence-electron chi connectivity index (χ4n) is 5.74. The lowest BCUT2D eigenvalue weighted by Gasteiger charge is -2.48. The minimum atomic E-state index is -0.555. The number of amides is 1. The van der Waals surface area contributed by atoms with Crippen LogP contribution >= 0.6 is 0 Å². The molecular formula is C35H40N4O3. The summed E-state index contributed by atoms with van der Waals surface area (Å²) < 4.78 is 7.10. The number of aliphatic hydroxyl groups excluding tert-OH is 1. The summed E-state index contributed by atoms with van der Waals surface area (Å²) in [4.78, 5) is 14.4. The summed E-state index contributed by atoms with van der Waals surface area (Å²) in [5.41, 5.74) is 4.15. The smallest absolute Gasteiger partial charge is 0.407 e. The molecule has 7 heteroatoms. The van der Waals surface area contributed by atoms with Gasteiger partial charge < -0.3 is 15.2 Å². The van der Waals surface area contributed by atoms with Crippen LogP contribution in [0.25, 0.3) is 6.08 Å². The van der Waals surface area contributed by atoms with Crippen LogP contribution in [-0.2, 0) is 16.8 Å². The van der Waals surface area contributed by atoms with E-state index in [9.17, 15) is 9.90 Å². The summed E-state index contributed by atoms with van der Waals surface area (Å²) in [7, 11) is 0. The van der Waals surface area contributed by atoms with Gasteiger partial charge in [0, 0.05) is 25.8 Å². The molecule has 1 amide bonds. The van der Waals surface area contributed by atoms with Crippen LogP contribution in [0.3, 0.4) is 0 Å². The van der Waals surface area contributed by atoms with E-state index in [0.717, 1.165) is 17.8 Å². The Morgan fingerprint density at radius 3 is 2.00 bits per heavy atom. The van der Waals surface area contributed by atoms with Gasteiger partial charge in [-0.3, -0.25) is 9.58 Å². The van der Waals surface area contributed by atoms with Crippen LogP contribution in [0, 0.1) is 0 Å². The predicted octanol–water partition coefficient (Wildman–Crippen LogP) is 5.85. The molecule has 0 spiro atoms. The maximum absolute atomic E-state index is 12.0. The van der Waals surface area contributed by atoms with E-state index in [2.05, 4.69) is 101 Å². The second-order valence-electron chi connectivity index (χ2n) is 11.7. The van der Waals surface area contributed by atoms with Crippen molar-refractivity contribution in [1.29, 1.82) is 0 Å². The molecule has 0 saturated carbocycles. The van der Waals surface area contributed by atoms with Crippen molar-refractivity contribution in [2.24, 2.45) is 0 Å². The quantitative estimate of drug-likeness (QED) is 0.263. The van der Waals surface area contributed by atoms with Gasteiger partial charge in [-0.2, -0.15) is 5.10 Å². The molecule has 2 N–H and O–H groups in total. The molecule has 0 bridgehead atoms. The van der Waals surface area contributed by atoms with Gasteiger partial charge in [-0.1, -0.05) is 91.0 Å². The molecule has 1 saturated heterocycles. The summed E-state index contributed by atoms with van der Waals surface area (Å²) in [6.07, 6.45) is 3.50. The number of carbonyl (C=O) groups excluding carboxylic acids is 1. The molecule has 42 heavy (non-hydrogen) atoms. The summed E-state index contributed by atoms with van der Waals surface area (Å²) in [5.74, 6) is 0. The van der Waals surface area contributed by atoms with Gasteiger partial charge in [0.15, 0.2) is 0 Å². The fraction of sp³-hybridized carbons (Fsp3) is 0.314. The number of piperidine rings is 1. The molecule has 1 aromatic heterocycles. The van der Waals surface area contributed by atoms with Crippen molar-refractivity contribution in [2.45, 2.75) is 51.0 Å². The van der Waals surface area contributed by atoms with E-state index in [1.54, 1.807) is 4.68 Å². The van der Waals surface area contributed by atoms with E-state index >= 15 is 0 Å². The molecule has 1 unspecified atom stereocenters. The Kier molecular flexibility index (Phi) is 8.90. The summed E-state index contributed by atoms with van der Waals surface area (Å²) in [5, 5.41) is 18.6. The molecule has 5 rings (SSSR count). The van der Waals surface area contributed by atoms with E-state index in [1.807, 2.05) is 39.1 Å². The van der Waals surface area contributed by atoms with Crippen molar-refractivity contribution in [2.75, 3.05) is 19.6 Å².